The largest absolute Gasteiger partial charge is 0.485 e. The minimum Gasteiger partial charge on any atom is -0.485 e. The lowest BCUT2D eigenvalue weighted by Crippen LogP contribution is -2.45. The zero-order valence-electron chi connectivity index (χ0n) is 14.6. The molecule has 3 aromatic rings. The van der Waals surface area contributed by atoms with Crippen LogP contribution in [-0.4, -0.2) is 39.5 Å². The second-order valence-corrected chi connectivity index (χ2v) is 6.97. The molecule has 0 radical (unpaired) electrons. The first-order valence-corrected chi connectivity index (χ1v) is 9.35. The highest BCUT2D eigenvalue weighted by Gasteiger charge is 2.27. The third-order valence-electron chi connectivity index (χ3n) is 4.21. The molecule has 1 aromatic carbocycles. The molecule has 0 saturated heterocycles. The van der Waals surface area contributed by atoms with Crippen LogP contribution in [0.4, 0.5) is 0 Å². The number of carbonyl (C=O) groups excluding carboxylic acids is 1. The molecule has 0 aliphatic carbocycles. The average molecular weight is 386 g/mol. The Morgan fingerprint density at radius 2 is 2.11 bits per heavy atom. The van der Waals surface area contributed by atoms with E-state index in [2.05, 4.69) is 10.4 Å². The molecule has 0 bridgehead atoms. The van der Waals surface area contributed by atoms with Crippen molar-refractivity contribution in [3.05, 3.63) is 52.3 Å². The lowest BCUT2D eigenvalue weighted by molar-refractivity contribution is -0.130. The van der Waals surface area contributed by atoms with Crippen molar-refractivity contribution in [1.29, 1.82) is 0 Å². The first-order valence-electron chi connectivity index (χ1n) is 8.47. The van der Waals surface area contributed by atoms with E-state index in [1.807, 2.05) is 29.6 Å². The molecule has 1 aliphatic heterocycles. The van der Waals surface area contributed by atoms with Gasteiger partial charge in [0.25, 0.3) is 5.91 Å². The molecular formula is C18H18N4O4S. The third-order valence-corrected chi connectivity index (χ3v) is 5.07. The van der Waals surface area contributed by atoms with Gasteiger partial charge in [-0.25, -0.2) is 9.48 Å². The van der Waals surface area contributed by atoms with Gasteiger partial charge in [0.2, 0.25) is 6.10 Å². The molecule has 0 spiro atoms. The van der Waals surface area contributed by atoms with Crippen LogP contribution in [0.3, 0.4) is 0 Å². The zero-order chi connectivity index (χ0) is 18.8. The molecular weight excluding hydrogens is 368 g/mol. The lowest BCUT2D eigenvalue weighted by atomic mass is 10.2. The van der Waals surface area contributed by atoms with Crippen molar-refractivity contribution >= 4 is 17.2 Å². The molecule has 27 heavy (non-hydrogen) atoms. The van der Waals surface area contributed by atoms with E-state index in [0.717, 1.165) is 4.88 Å². The van der Waals surface area contributed by atoms with Crippen molar-refractivity contribution in [2.75, 3.05) is 13.2 Å². The van der Waals surface area contributed by atoms with Crippen LogP contribution >= 0.6 is 11.3 Å². The average Bonchev–Trinajstić information content (AvgIpc) is 3.31. The van der Waals surface area contributed by atoms with Gasteiger partial charge in [0.15, 0.2) is 17.3 Å². The molecule has 1 atom stereocenters. The normalized spacial score (nSPS) is 15.5. The Morgan fingerprint density at radius 1 is 1.30 bits per heavy atom. The summed E-state index contributed by atoms with van der Waals surface area (Å²) in [6.07, 6.45) is -0.720. The van der Waals surface area contributed by atoms with Gasteiger partial charge in [-0.3, -0.25) is 9.36 Å². The van der Waals surface area contributed by atoms with Crippen molar-refractivity contribution in [1.82, 2.24) is 19.7 Å². The second kappa shape index (κ2) is 7.28. The summed E-state index contributed by atoms with van der Waals surface area (Å²) in [5, 5.41) is 9.07. The number of aromatic nitrogens is 3. The molecule has 8 nitrogen and oxygen atoms in total. The number of benzene rings is 1. The fourth-order valence-electron chi connectivity index (χ4n) is 2.80. The summed E-state index contributed by atoms with van der Waals surface area (Å²) in [5.74, 6) is 1.50. The topological polar surface area (TPSA) is 87.4 Å². The van der Waals surface area contributed by atoms with Crippen LogP contribution < -0.4 is 20.5 Å². The molecule has 140 valence electrons. The highest BCUT2D eigenvalue weighted by Crippen LogP contribution is 2.30. The zero-order valence-corrected chi connectivity index (χ0v) is 15.4. The number of carbonyl (C=O) groups is 1. The minimum atomic E-state index is -0.720. The van der Waals surface area contributed by atoms with Crippen molar-refractivity contribution in [3.8, 4) is 22.2 Å². The summed E-state index contributed by atoms with van der Waals surface area (Å²) in [7, 11) is 1.68. The monoisotopic (exact) mass is 386 g/mol. The van der Waals surface area contributed by atoms with Gasteiger partial charge in [0.1, 0.15) is 6.61 Å². The number of ether oxygens (including phenoxy) is 2. The maximum Gasteiger partial charge on any atom is 0.346 e. The fourth-order valence-corrected chi connectivity index (χ4v) is 3.55. The van der Waals surface area contributed by atoms with Gasteiger partial charge in [0.05, 0.1) is 11.4 Å². The van der Waals surface area contributed by atoms with E-state index in [1.165, 1.54) is 20.6 Å². The van der Waals surface area contributed by atoms with Crippen LogP contribution in [-0.2, 0) is 18.4 Å². The van der Waals surface area contributed by atoms with E-state index in [0.29, 0.717) is 17.3 Å². The number of hydrogen-bond acceptors (Lipinski definition) is 6. The van der Waals surface area contributed by atoms with E-state index >= 15 is 0 Å². The van der Waals surface area contributed by atoms with Crippen LogP contribution in [0.1, 0.15) is 0 Å². The van der Waals surface area contributed by atoms with Gasteiger partial charge in [0, 0.05) is 13.6 Å². The van der Waals surface area contributed by atoms with E-state index in [9.17, 15) is 9.59 Å². The number of rotatable bonds is 5. The Kier molecular flexibility index (Phi) is 4.68. The highest BCUT2D eigenvalue weighted by atomic mass is 32.1. The van der Waals surface area contributed by atoms with E-state index in [4.69, 9.17) is 9.47 Å². The first-order chi connectivity index (χ1) is 13.1. The van der Waals surface area contributed by atoms with Gasteiger partial charge in [-0.15, -0.1) is 16.4 Å². The van der Waals surface area contributed by atoms with Gasteiger partial charge in [-0.05, 0) is 23.6 Å². The number of thiophene rings is 1. The molecule has 3 heterocycles. The van der Waals surface area contributed by atoms with Crippen LogP contribution in [0.15, 0.2) is 46.6 Å². The Balaban J connectivity index is 1.36. The minimum absolute atomic E-state index is 0.148. The summed E-state index contributed by atoms with van der Waals surface area (Å²) >= 11 is 1.52. The van der Waals surface area contributed by atoms with Crippen LogP contribution in [0, 0.1) is 0 Å². The molecule has 4 rings (SSSR count). The molecule has 0 fully saturated rings. The maximum absolute atomic E-state index is 12.3. The molecule has 1 N–H and O–H groups in total. The van der Waals surface area contributed by atoms with Crippen molar-refractivity contribution < 1.29 is 14.3 Å². The van der Waals surface area contributed by atoms with Gasteiger partial charge in [-0.1, -0.05) is 18.2 Å². The molecule has 1 unspecified atom stereocenters. The number of amides is 1. The Labute approximate surface area is 159 Å². The van der Waals surface area contributed by atoms with Crippen LogP contribution in [0.5, 0.6) is 11.5 Å². The summed E-state index contributed by atoms with van der Waals surface area (Å²) in [4.78, 5) is 25.5. The second-order valence-electron chi connectivity index (χ2n) is 6.02. The quantitative estimate of drug-likeness (QED) is 0.714. The van der Waals surface area contributed by atoms with Crippen molar-refractivity contribution in [2.45, 2.75) is 12.6 Å². The van der Waals surface area contributed by atoms with Gasteiger partial charge < -0.3 is 14.8 Å². The van der Waals surface area contributed by atoms with Crippen molar-refractivity contribution in [3.63, 3.8) is 0 Å². The van der Waals surface area contributed by atoms with E-state index in [1.54, 1.807) is 19.2 Å². The Morgan fingerprint density at radius 3 is 2.89 bits per heavy atom. The Hall–Kier alpha value is -3.07. The molecule has 1 amide bonds. The molecule has 9 heteroatoms. The Bertz CT molecular complexity index is 1010. The number of para-hydroxylation sites is 2. The molecule has 1 aliphatic rings. The number of hydrogen-bond donors (Lipinski definition) is 1. The van der Waals surface area contributed by atoms with Crippen LogP contribution in [0.25, 0.3) is 10.7 Å². The van der Waals surface area contributed by atoms with Gasteiger partial charge in [-0.2, -0.15) is 0 Å². The standard InChI is InChI=1S/C18H18N4O4S/c1-21-16(15-7-4-10-27-15)20-22(18(21)24)9-8-19-17(23)14-11-25-12-5-2-3-6-13(12)26-14/h2-7,10,14H,8-9,11H2,1H3,(H,19,23). The smallest absolute Gasteiger partial charge is 0.346 e. The number of nitrogens with zero attached hydrogens (tertiary/aromatic N) is 3. The van der Waals surface area contributed by atoms with E-state index < -0.39 is 6.10 Å². The SMILES string of the molecule is Cn1c(-c2cccs2)nn(CCNC(=O)C2COc3ccccc3O2)c1=O. The molecule has 2 aromatic heterocycles. The first kappa shape index (κ1) is 17.3. The summed E-state index contributed by atoms with van der Waals surface area (Å²) in [6, 6.07) is 11.0. The summed E-state index contributed by atoms with van der Waals surface area (Å²) in [6.45, 7) is 0.685. The number of fused-ring (bicyclic) bond motifs is 1. The number of nitrogens with one attached hydrogen (secondary N) is 1. The summed E-state index contributed by atoms with van der Waals surface area (Å²) in [5.41, 5.74) is -0.223. The summed E-state index contributed by atoms with van der Waals surface area (Å²) < 4.78 is 14.1. The fraction of sp³-hybridized carbons (Fsp3) is 0.278. The van der Waals surface area contributed by atoms with E-state index in [-0.39, 0.29) is 31.3 Å². The molecule has 0 saturated carbocycles. The predicted molar refractivity (Wildman–Crippen MR) is 100 cm³/mol. The lowest BCUT2D eigenvalue weighted by Gasteiger charge is -2.25. The third kappa shape index (κ3) is 3.45. The maximum atomic E-state index is 12.3. The van der Waals surface area contributed by atoms with Crippen LogP contribution in [0.2, 0.25) is 0 Å². The predicted octanol–water partition coefficient (Wildman–Crippen LogP) is 1.27. The highest BCUT2D eigenvalue weighted by molar-refractivity contribution is 7.13. The van der Waals surface area contributed by atoms with Crippen molar-refractivity contribution in [2.24, 2.45) is 7.05 Å². The van der Waals surface area contributed by atoms with Gasteiger partial charge >= 0.3 is 5.69 Å².